The highest BCUT2D eigenvalue weighted by molar-refractivity contribution is 5.66. The third-order valence-corrected chi connectivity index (χ3v) is 2.91. The van der Waals surface area contributed by atoms with E-state index in [-0.39, 0.29) is 12.0 Å². The number of hydrogen-bond acceptors (Lipinski definition) is 4. The molecule has 0 aliphatic carbocycles. The molecular weight excluding hydrogens is 244 g/mol. The minimum absolute atomic E-state index is 0.222. The van der Waals surface area contributed by atoms with Gasteiger partial charge in [0.2, 0.25) is 0 Å². The summed E-state index contributed by atoms with van der Waals surface area (Å²) in [6, 6.07) is 9.99. The second kappa shape index (κ2) is 5.17. The van der Waals surface area contributed by atoms with Crippen LogP contribution < -0.4 is 0 Å². The van der Waals surface area contributed by atoms with Gasteiger partial charge in [-0.25, -0.2) is 4.68 Å². The molecule has 0 aliphatic rings. The molecule has 0 saturated heterocycles. The van der Waals surface area contributed by atoms with Gasteiger partial charge in [0.15, 0.2) is 5.82 Å². The van der Waals surface area contributed by atoms with Crippen LogP contribution >= 0.6 is 0 Å². The Bertz CT molecular complexity index is 563. The van der Waals surface area contributed by atoms with E-state index in [0.717, 1.165) is 12.0 Å². The maximum absolute atomic E-state index is 10.8. The van der Waals surface area contributed by atoms with Crippen LogP contribution in [0.3, 0.4) is 0 Å². The largest absolute Gasteiger partial charge is 0.480 e. The van der Waals surface area contributed by atoms with Crippen LogP contribution in [0.5, 0.6) is 0 Å². The van der Waals surface area contributed by atoms with Gasteiger partial charge in [-0.2, -0.15) is 0 Å². The summed E-state index contributed by atoms with van der Waals surface area (Å²) in [7, 11) is 0. The lowest BCUT2D eigenvalue weighted by Gasteiger charge is -2.23. The zero-order valence-electron chi connectivity index (χ0n) is 10.9. The number of aliphatic carboxylic acids is 1. The van der Waals surface area contributed by atoms with E-state index in [2.05, 4.69) is 15.5 Å². The molecule has 0 fully saturated rings. The van der Waals surface area contributed by atoms with Crippen molar-refractivity contribution in [2.75, 3.05) is 0 Å². The van der Waals surface area contributed by atoms with Gasteiger partial charge in [0, 0.05) is 5.41 Å². The fourth-order valence-corrected chi connectivity index (χ4v) is 2.11. The minimum atomic E-state index is -0.955. The summed E-state index contributed by atoms with van der Waals surface area (Å²) in [5.41, 5.74) is 0.831. The van der Waals surface area contributed by atoms with Gasteiger partial charge in [0.1, 0.15) is 6.54 Å². The molecule has 1 N–H and O–H groups in total. The lowest BCUT2D eigenvalue weighted by atomic mass is 9.85. The quantitative estimate of drug-likeness (QED) is 0.875. The van der Waals surface area contributed by atoms with E-state index in [4.69, 9.17) is 5.11 Å². The average molecular weight is 260 g/mol. The molecule has 1 heterocycles. The molecule has 0 radical (unpaired) electrons. The zero-order chi connectivity index (χ0) is 13.9. The molecule has 2 aromatic rings. The Balaban J connectivity index is 2.24. The van der Waals surface area contributed by atoms with Crippen molar-refractivity contribution in [1.82, 2.24) is 20.2 Å². The molecule has 0 saturated carbocycles. The summed E-state index contributed by atoms with van der Waals surface area (Å²) in [5.74, 6) is -0.372. The first kappa shape index (κ1) is 13.2. The third kappa shape index (κ3) is 3.15. The van der Waals surface area contributed by atoms with Gasteiger partial charge in [-0.15, -0.1) is 5.10 Å². The monoisotopic (exact) mass is 260 g/mol. The van der Waals surface area contributed by atoms with E-state index >= 15 is 0 Å². The molecule has 0 atom stereocenters. The van der Waals surface area contributed by atoms with Crippen LogP contribution in [0.4, 0.5) is 0 Å². The molecule has 19 heavy (non-hydrogen) atoms. The van der Waals surface area contributed by atoms with Crippen LogP contribution in [0.1, 0.15) is 25.2 Å². The number of carbonyl (C=O) groups is 1. The van der Waals surface area contributed by atoms with Crippen molar-refractivity contribution < 1.29 is 9.90 Å². The molecular formula is C13H16N4O2. The van der Waals surface area contributed by atoms with Crippen molar-refractivity contribution in [1.29, 1.82) is 0 Å². The number of rotatable bonds is 5. The van der Waals surface area contributed by atoms with E-state index in [1.54, 1.807) is 0 Å². The van der Waals surface area contributed by atoms with E-state index < -0.39 is 5.97 Å². The Morgan fingerprint density at radius 1 is 1.32 bits per heavy atom. The molecule has 0 amide bonds. The molecule has 0 unspecified atom stereocenters. The van der Waals surface area contributed by atoms with E-state index in [9.17, 15) is 4.79 Å². The molecule has 100 valence electrons. The van der Waals surface area contributed by atoms with Crippen molar-refractivity contribution in [2.24, 2.45) is 0 Å². The first-order valence-electron chi connectivity index (χ1n) is 6.01. The van der Waals surface area contributed by atoms with Gasteiger partial charge in [0.05, 0.1) is 0 Å². The van der Waals surface area contributed by atoms with Gasteiger partial charge < -0.3 is 5.11 Å². The lowest BCUT2D eigenvalue weighted by Crippen LogP contribution is -2.27. The fourth-order valence-electron chi connectivity index (χ4n) is 2.11. The summed E-state index contributed by atoms with van der Waals surface area (Å²) in [6.07, 6.45) is 0.744. The highest BCUT2D eigenvalue weighted by Gasteiger charge is 2.28. The van der Waals surface area contributed by atoms with E-state index in [1.165, 1.54) is 4.68 Å². The fraction of sp³-hybridized carbons (Fsp3) is 0.385. The van der Waals surface area contributed by atoms with Crippen LogP contribution in [0.25, 0.3) is 0 Å². The highest BCUT2D eigenvalue weighted by atomic mass is 16.4. The summed E-state index contributed by atoms with van der Waals surface area (Å²) >= 11 is 0. The van der Waals surface area contributed by atoms with E-state index in [0.29, 0.717) is 5.82 Å². The smallest absolute Gasteiger partial charge is 0.325 e. The van der Waals surface area contributed by atoms with Crippen LogP contribution in [-0.2, 0) is 23.2 Å². The Morgan fingerprint density at radius 2 is 2.00 bits per heavy atom. The highest BCUT2D eigenvalue weighted by Crippen LogP contribution is 2.25. The molecule has 0 aliphatic heterocycles. The third-order valence-electron chi connectivity index (χ3n) is 2.91. The number of benzene rings is 1. The van der Waals surface area contributed by atoms with Crippen LogP contribution in [0.15, 0.2) is 30.3 Å². The number of carboxylic acids is 1. The lowest BCUT2D eigenvalue weighted by molar-refractivity contribution is -0.138. The maximum atomic E-state index is 10.8. The van der Waals surface area contributed by atoms with Gasteiger partial charge in [-0.3, -0.25) is 4.79 Å². The number of nitrogens with zero attached hydrogens (tertiary/aromatic N) is 4. The molecule has 1 aromatic carbocycles. The van der Waals surface area contributed by atoms with Crippen LogP contribution in [-0.4, -0.2) is 31.3 Å². The maximum Gasteiger partial charge on any atom is 0.325 e. The normalized spacial score (nSPS) is 11.5. The summed E-state index contributed by atoms with van der Waals surface area (Å²) in [5, 5.41) is 20.1. The van der Waals surface area contributed by atoms with Gasteiger partial charge in [-0.05, 0) is 22.4 Å². The molecule has 6 heteroatoms. The Kier molecular flexibility index (Phi) is 3.59. The van der Waals surface area contributed by atoms with Crippen LogP contribution in [0, 0.1) is 0 Å². The van der Waals surface area contributed by atoms with E-state index in [1.807, 2.05) is 44.2 Å². The van der Waals surface area contributed by atoms with Crippen molar-refractivity contribution in [3.05, 3.63) is 41.7 Å². The van der Waals surface area contributed by atoms with Crippen molar-refractivity contribution in [3.8, 4) is 0 Å². The van der Waals surface area contributed by atoms with Gasteiger partial charge in [-0.1, -0.05) is 44.2 Å². The predicted molar refractivity (Wildman–Crippen MR) is 68.6 cm³/mol. The SMILES string of the molecule is CC(C)(Cc1ccccc1)c1nnnn1CC(=O)O. The molecule has 1 aromatic heterocycles. The summed E-state index contributed by atoms with van der Waals surface area (Å²) in [4.78, 5) is 10.8. The number of aromatic nitrogens is 4. The predicted octanol–water partition coefficient (Wildman–Crippen LogP) is 1.28. The van der Waals surface area contributed by atoms with Crippen molar-refractivity contribution in [2.45, 2.75) is 32.2 Å². The Labute approximate surface area is 111 Å². The van der Waals surface area contributed by atoms with Gasteiger partial charge >= 0.3 is 5.97 Å². The second-order valence-electron chi connectivity index (χ2n) is 5.10. The Hall–Kier alpha value is -2.24. The Morgan fingerprint density at radius 3 is 2.63 bits per heavy atom. The van der Waals surface area contributed by atoms with Crippen LogP contribution in [0.2, 0.25) is 0 Å². The molecule has 0 spiro atoms. The number of hydrogen-bond donors (Lipinski definition) is 1. The molecule has 2 rings (SSSR count). The first-order chi connectivity index (χ1) is 8.99. The molecule has 6 nitrogen and oxygen atoms in total. The van der Waals surface area contributed by atoms with Crippen molar-refractivity contribution in [3.63, 3.8) is 0 Å². The summed E-state index contributed by atoms with van der Waals surface area (Å²) in [6.45, 7) is 3.79. The summed E-state index contributed by atoms with van der Waals surface area (Å²) < 4.78 is 1.34. The zero-order valence-corrected chi connectivity index (χ0v) is 10.9. The van der Waals surface area contributed by atoms with Crippen molar-refractivity contribution >= 4 is 5.97 Å². The standard InChI is InChI=1S/C13H16N4O2/c1-13(2,8-10-6-4-3-5-7-10)12-14-15-16-17(12)9-11(18)19/h3-7H,8-9H2,1-2H3,(H,18,19). The topological polar surface area (TPSA) is 80.9 Å². The van der Waals surface area contributed by atoms with Gasteiger partial charge in [0.25, 0.3) is 0 Å². The minimum Gasteiger partial charge on any atom is -0.480 e. The molecule has 0 bridgehead atoms. The first-order valence-corrected chi connectivity index (χ1v) is 6.01. The number of tetrazole rings is 1. The second-order valence-corrected chi connectivity index (χ2v) is 5.10. The average Bonchev–Trinajstić information content (AvgIpc) is 2.77. The number of carboxylic acid groups (broad SMARTS) is 1.